The Labute approximate surface area is 70.7 Å². The standard InChI is InChI=1S/C6H6F3NO3/c7-6(8,9)5(13)10-3-1-2(3)4(11)12/h2-3H,1H2,(H,10,13)(H,11,12)/t2-,3-/m1/s1. The topological polar surface area (TPSA) is 66.4 Å². The number of alkyl halides is 3. The molecule has 1 fully saturated rings. The van der Waals surface area contributed by atoms with E-state index in [4.69, 9.17) is 5.11 Å². The number of carboxylic acids is 1. The normalized spacial score (nSPS) is 26.7. The first-order valence-corrected chi connectivity index (χ1v) is 3.43. The summed E-state index contributed by atoms with van der Waals surface area (Å²) in [5.41, 5.74) is 0. The molecule has 0 aromatic heterocycles. The molecule has 1 amide bonds. The van der Waals surface area contributed by atoms with Crippen LogP contribution in [0.4, 0.5) is 13.2 Å². The van der Waals surface area contributed by atoms with Crippen molar-refractivity contribution in [2.24, 2.45) is 5.92 Å². The smallest absolute Gasteiger partial charge is 0.471 e. The molecular formula is C6H6F3NO3. The zero-order chi connectivity index (χ0) is 10.2. The Kier molecular flexibility index (Phi) is 2.19. The third-order valence-electron chi connectivity index (χ3n) is 1.68. The van der Waals surface area contributed by atoms with Gasteiger partial charge in [-0.2, -0.15) is 13.2 Å². The Morgan fingerprint density at radius 3 is 2.23 bits per heavy atom. The van der Waals surface area contributed by atoms with Crippen LogP contribution in [0.25, 0.3) is 0 Å². The van der Waals surface area contributed by atoms with Gasteiger partial charge in [-0.15, -0.1) is 0 Å². The van der Waals surface area contributed by atoms with E-state index in [0.717, 1.165) is 0 Å². The van der Waals surface area contributed by atoms with E-state index < -0.39 is 30.0 Å². The van der Waals surface area contributed by atoms with Gasteiger partial charge in [0.15, 0.2) is 0 Å². The Balaban J connectivity index is 2.37. The van der Waals surface area contributed by atoms with Gasteiger partial charge in [-0.05, 0) is 6.42 Å². The van der Waals surface area contributed by atoms with Crippen LogP contribution in [0, 0.1) is 5.92 Å². The van der Waals surface area contributed by atoms with E-state index in [1.165, 1.54) is 0 Å². The summed E-state index contributed by atoms with van der Waals surface area (Å²) in [5, 5.41) is 9.89. The van der Waals surface area contributed by atoms with Gasteiger partial charge in [0.25, 0.3) is 0 Å². The Morgan fingerprint density at radius 2 is 1.92 bits per heavy atom. The lowest BCUT2D eigenvalue weighted by Crippen LogP contribution is -2.39. The van der Waals surface area contributed by atoms with Gasteiger partial charge in [-0.1, -0.05) is 0 Å². The van der Waals surface area contributed by atoms with Crippen LogP contribution in [0.3, 0.4) is 0 Å². The average Bonchev–Trinajstić information content (AvgIpc) is 2.64. The minimum absolute atomic E-state index is 0.0666. The van der Waals surface area contributed by atoms with Crippen molar-refractivity contribution in [1.29, 1.82) is 0 Å². The van der Waals surface area contributed by atoms with Gasteiger partial charge in [-0.25, -0.2) is 0 Å². The van der Waals surface area contributed by atoms with Crippen molar-refractivity contribution < 1.29 is 27.9 Å². The zero-order valence-electron chi connectivity index (χ0n) is 6.26. The van der Waals surface area contributed by atoms with Gasteiger partial charge < -0.3 is 10.4 Å². The number of halogens is 3. The van der Waals surface area contributed by atoms with Crippen molar-refractivity contribution in [2.45, 2.75) is 18.6 Å². The Morgan fingerprint density at radius 1 is 1.38 bits per heavy atom. The molecule has 0 saturated heterocycles. The molecule has 4 nitrogen and oxygen atoms in total. The highest BCUT2D eigenvalue weighted by Crippen LogP contribution is 2.31. The van der Waals surface area contributed by atoms with Crippen LogP contribution in [-0.4, -0.2) is 29.2 Å². The van der Waals surface area contributed by atoms with Gasteiger partial charge in [-0.3, -0.25) is 9.59 Å². The summed E-state index contributed by atoms with van der Waals surface area (Å²) in [6, 6.07) is -0.869. The van der Waals surface area contributed by atoms with Crippen LogP contribution < -0.4 is 5.32 Å². The summed E-state index contributed by atoms with van der Waals surface area (Å²) >= 11 is 0. The molecule has 0 aromatic rings. The molecule has 13 heavy (non-hydrogen) atoms. The maximum atomic E-state index is 11.6. The van der Waals surface area contributed by atoms with Gasteiger partial charge in [0.1, 0.15) is 0 Å². The summed E-state index contributed by atoms with van der Waals surface area (Å²) in [6.45, 7) is 0. The molecular weight excluding hydrogens is 191 g/mol. The maximum absolute atomic E-state index is 11.6. The molecule has 2 N–H and O–H groups in total. The highest BCUT2D eigenvalue weighted by atomic mass is 19.4. The number of rotatable bonds is 2. The highest BCUT2D eigenvalue weighted by molar-refractivity contribution is 5.84. The van der Waals surface area contributed by atoms with Crippen LogP contribution in [-0.2, 0) is 9.59 Å². The number of hydrogen-bond donors (Lipinski definition) is 2. The highest BCUT2D eigenvalue weighted by Gasteiger charge is 2.48. The van der Waals surface area contributed by atoms with Crippen molar-refractivity contribution >= 4 is 11.9 Å². The molecule has 0 aliphatic heterocycles. The number of carbonyl (C=O) groups is 2. The van der Waals surface area contributed by atoms with E-state index in [2.05, 4.69) is 0 Å². The van der Waals surface area contributed by atoms with E-state index in [-0.39, 0.29) is 6.42 Å². The number of amides is 1. The van der Waals surface area contributed by atoms with Gasteiger partial charge >= 0.3 is 18.1 Å². The first-order chi connectivity index (χ1) is 5.82. The maximum Gasteiger partial charge on any atom is 0.471 e. The second-order valence-electron chi connectivity index (χ2n) is 2.76. The van der Waals surface area contributed by atoms with Crippen molar-refractivity contribution in [1.82, 2.24) is 5.32 Å². The average molecular weight is 197 g/mol. The summed E-state index contributed by atoms with van der Waals surface area (Å²) in [7, 11) is 0. The van der Waals surface area contributed by atoms with E-state index in [1.54, 1.807) is 5.32 Å². The fourth-order valence-corrected chi connectivity index (χ4v) is 0.878. The Bertz CT molecular complexity index is 250. The van der Waals surface area contributed by atoms with Crippen LogP contribution in [0.1, 0.15) is 6.42 Å². The first kappa shape index (κ1) is 9.82. The molecule has 2 atom stereocenters. The molecule has 0 heterocycles. The SMILES string of the molecule is O=C(O)[C@@H]1C[C@H]1NC(=O)C(F)(F)F. The predicted molar refractivity (Wildman–Crippen MR) is 33.7 cm³/mol. The number of aliphatic carboxylic acids is 1. The monoisotopic (exact) mass is 197 g/mol. The number of carboxylic acid groups (broad SMARTS) is 1. The van der Waals surface area contributed by atoms with Crippen LogP contribution >= 0.6 is 0 Å². The number of carbonyl (C=O) groups excluding carboxylic acids is 1. The third-order valence-corrected chi connectivity index (χ3v) is 1.68. The van der Waals surface area contributed by atoms with Gasteiger partial charge in [0.05, 0.1) is 5.92 Å². The summed E-state index contributed by atoms with van der Waals surface area (Å²) in [4.78, 5) is 20.4. The van der Waals surface area contributed by atoms with E-state index in [9.17, 15) is 22.8 Å². The predicted octanol–water partition coefficient (Wildman–Crippen LogP) is 0.138. The Hall–Kier alpha value is -1.27. The molecule has 1 aliphatic carbocycles. The lowest BCUT2D eigenvalue weighted by atomic mass is 10.4. The summed E-state index contributed by atoms with van der Waals surface area (Å²) < 4.78 is 34.8. The summed E-state index contributed by atoms with van der Waals surface area (Å²) in [5.74, 6) is -4.14. The van der Waals surface area contributed by atoms with Crippen LogP contribution in [0.5, 0.6) is 0 Å². The molecule has 0 spiro atoms. The van der Waals surface area contributed by atoms with Gasteiger partial charge in [0.2, 0.25) is 0 Å². The lowest BCUT2D eigenvalue weighted by molar-refractivity contribution is -0.173. The number of nitrogens with one attached hydrogen (secondary N) is 1. The first-order valence-electron chi connectivity index (χ1n) is 3.43. The molecule has 1 rings (SSSR count). The molecule has 0 aromatic carbocycles. The third kappa shape index (κ3) is 2.33. The molecule has 7 heteroatoms. The molecule has 1 saturated carbocycles. The quantitative estimate of drug-likeness (QED) is 0.661. The summed E-state index contributed by atoms with van der Waals surface area (Å²) in [6.07, 6.45) is -4.87. The molecule has 0 bridgehead atoms. The molecule has 74 valence electrons. The zero-order valence-corrected chi connectivity index (χ0v) is 6.26. The van der Waals surface area contributed by atoms with Crippen molar-refractivity contribution in [3.8, 4) is 0 Å². The minimum Gasteiger partial charge on any atom is -0.481 e. The van der Waals surface area contributed by atoms with Crippen molar-refractivity contribution in [3.63, 3.8) is 0 Å². The molecule has 0 radical (unpaired) electrons. The fourth-order valence-electron chi connectivity index (χ4n) is 0.878. The fraction of sp³-hybridized carbons (Fsp3) is 0.667. The van der Waals surface area contributed by atoms with Crippen molar-refractivity contribution in [3.05, 3.63) is 0 Å². The van der Waals surface area contributed by atoms with E-state index >= 15 is 0 Å². The minimum atomic E-state index is -4.94. The molecule has 1 aliphatic rings. The second kappa shape index (κ2) is 2.90. The van der Waals surface area contributed by atoms with Crippen LogP contribution in [0.2, 0.25) is 0 Å². The molecule has 0 unspecified atom stereocenters. The lowest BCUT2D eigenvalue weighted by Gasteiger charge is -2.05. The largest absolute Gasteiger partial charge is 0.481 e. The van der Waals surface area contributed by atoms with Crippen molar-refractivity contribution in [2.75, 3.05) is 0 Å². The second-order valence-corrected chi connectivity index (χ2v) is 2.76. The van der Waals surface area contributed by atoms with E-state index in [1.807, 2.05) is 0 Å². The number of hydrogen-bond acceptors (Lipinski definition) is 2. The van der Waals surface area contributed by atoms with Crippen LogP contribution in [0.15, 0.2) is 0 Å². The van der Waals surface area contributed by atoms with Gasteiger partial charge in [0, 0.05) is 6.04 Å². The van der Waals surface area contributed by atoms with E-state index in [0.29, 0.717) is 0 Å².